The number of aryl methyl sites for hydroxylation is 1. The highest BCUT2D eigenvalue weighted by Gasteiger charge is 2.09. The van der Waals surface area contributed by atoms with Crippen LogP contribution in [0.2, 0.25) is 0 Å². The first kappa shape index (κ1) is 11.2. The third-order valence-corrected chi connectivity index (χ3v) is 3.32. The first-order valence-corrected chi connectivity index (χ1v) is 5.94. The van der Waals surface area contributed by atoms with E-state index in [1.807, 2.05) is 6.20 Å². The number of hydrogen-bond donors (Lipinski definition) is 1. The van der Waals surface area contributed by atoms with Gasteiger partial charge in [0.15, 0.2) is 0 Å². The molecule has 2 rings (SSSR count). The Morgan fingerprint density at radius 1 is 1.50 bits per heavy atom. The molecule has 0 radical (unpaired) electrons. The molecule has 1 atom stereocenters. The smallest absolute Gasteiger partial charge is 0.126 e. The molecule has 1 aromatic carbocycles. The Morgan fingerprint density at radius 3 is 2.94 bits per heavy atom. The van der Waals surface area contributed by atoms with Gasteiger partial charge >= 0.3 is 0 Å². The molecule has 84 valence electrons. The van der Waals surface area contributed by atoms with Gasteiger partial charge in [0, 0.05) is 23.5 Å². The first-order chi connectivity index (χ1) is 7.66. The molecule has 16 heavy (non-hydrogen) atoms. The van der Waals surface area contributed by atoms with Gasteiger partial charge in [-0.1, -0.05) is 12.1 Å². The average Bonchev–Trinajstić information content (AvgIpc) is 2.74. The molecule has 2 aromatic rings. The van der Waals surface area contributed by atoms with Crippen LogP contribution in [-0.4, -0.2) is 4.98 Å². The quantitative estimate of drug-likeness (QED) is 0.890. The van der Waals surface area contributed by atoms with Crippen molar-refractivity contribution in [2.24, 2.45) is 5.73 Å². The summed E-state index contributed by atoms with van der Waals surface area (Å²) < 4.78 is 13.1. The summed E-state index contributed by atoms with van der Waals surface area (Å²) >= 11 is 1.59. The maximum Gasteiger partial charge on any atom is 0.126 e. The minimum atomic E-state index is -0.186. The Bertz CT molecular complexity index is 468. The van der Waals surface area contributed by atoms with E-state index in [0.717, 1.165) is 16.9 Å². The number of nitrogens with two attached hydrogens (primary N) is 1. The molecule has 4 heteroatoms. The Balaban J connectivity index is 2.14. The van der Waals surface area contributed by atoms with E-state index < -0.39 is 0 Å². The van der Waals surface area contributed by atoms with E-state index in [1.54, 1.807) is 35.9 Å². The number of benzene rings is 1. The molecule has 1 aromatic heterocycles. The predicted molar refractivity (Wildman–Crippen MR) is 63.9 cm³/mol. The van der Waals surface area contributed by atoms with Crippen LogP contribution in [0.5, 0.6) is 0 Å². The SMILES string of the molecule is Cc1cc(C(N)Cc2cncs2)ccc1F. The number of halogens is 1. The molecule has 0 aliphatic carbocycles. The van der Waals surface area contributed by atoms with E-state index in [-0.39, 0.29) is 11.9 Å². The van der Waals surface area contributed by atoms with Crippen molar-refractivity contribution in [1.82, 2.24) is 4.98 Å². The minimum absolute atomic E-state index is 0.0975. The molecule has 2 N–H and O–H groups in total. The fraction of sp³-hybridized carbons (Fsp3) is 0.250. The van der Waals surface area contributed by atoms with E-state index >= 15 is 0 Å². The van der Waals surface area contributed by atoms with Gasteiger partial charge in [-0.3, -0.25) is 4.98 Å². The zero-order chi connectivity index (χ0) is 11.5. The Labute approximate surface area is 97.9 Å². The van der Waals surface area contributed by atoms with Crippen LogP contribution in [-0.2, 0) is 6.42 Å². The Morgan fingerprint density at radius 2 is 2.31 bits per heavy atom. The molecule has 0 saturated heterocycles. The lowest BCUT2D eigenvalue weighted by molar-refractivity contribution is 0.615. The van der Waals surface area contributed by atoms with Crippen molar-refractivity contribution in [3.8, 4) is 0 Å². The zero-order valence-corrected chi connectivity index (χ0v) is 9.80. The predicted octanol–water partition coefficient (Wildman–Crippen LogP) is 2.83. The van der Waals surface area contributed by atoms with Gasteiger partial charge in [0.1, 0.15) is 5.82 Å². The second-order valence-corrected chi connectivity index (χ2v) is 4.76. The number of hydrogen-bond acceptors (Lipinski definition) is 3. The summed E-state index contributed by atoms with van der Waals surface area (Å²) in [5.41, 5.74) is 9.45. The Hall–Kier alpha value is -1.26. The summed E-state index contributed by atoms with van der Waals surface area (Å²) in [6.45, 7) is 1.75. The zero-order valence-electron chi connectivity index (χ0n) is 8.98. The van der Waals surface area contributed by atoms with E-state index in [1.165, 1.54) is 6.07 Å². The highest BCUT2D eigenvalue weighted by Crippen LogP contribution is 2.20. The summed E-state index contributed by atoms with van der Waals surface area (Å²) in [4.78, 5) is 5.15. The second-order valence-electron chi connectivity index (χ2n) is 3.79. The number of aromatic nitrogens is 1. The summed E-state index contributed by atoms with van der Waals surface area (Å²) in [7, 11) is 0. The van der Waals surface area contributed by atoms with Gasteiger partial charge in [-0.05, 0) is 24.1 Å². The Kier molecular flexibility index (Phi) is 3.31. The van der Waals surface area contributed by atoms with Gasteiger partial charge in [0.05, 0.1) is 5.51 Å². The minimum Gasteiger partial charge on any atom is -0.324 e. The maximum atomic E-state index is 13.1. The molecule has 0 aliphatic rings. The number of thiazole rings is 1. The van der Waals surface area contributed by atoms with E-state index in [9.17, 15) is 4.39 Å². The van der Waals surface area contributed by atoms with Crippen molar-refractivity contribution in [3.63, 3.8) is 0 Å². The summed E-state index contributed by atoms with van der Waals surface area (Å²) in [5.74, 6) is -0.186. The third-order valence-electron chi connectivity index (χ3n) is 2.51. The lowest BCUT2D eigenvalue weighted by Gasteiger charge is -2.11. The van der Waals surface area contributed by atoms with E-state index in [0.29, 0.717) is 5.56 Å². The van der Waals surface area contributed by atoms with Gasteiger partial charge < -0.3 is 5.73 Å². The van der Waals surface area contributed by atoms with Crippen molar-refractivity contribution in [3.05, 3.63) is 51.7 Å². The molecular weight excluding hydrogens is 223 g/mol. The van der Waals surface area contributed by atoms with Crippen molar-refractivity contribution in [2.45, 2.75) is 19.4 Å². The summed E-state index contributed by atoms with van der Waals surface area (Å²) in [6.07, 6.45) is 2.57. The second kappa shape index (κ2) is 4.72. The lowest BCUT2D eigenvalue weighted by Crippen LogP contribution is -2.13. The first-order valence-electron chi connectivity index (χ1n) is 5.06. The molecule has 2 nitrogen and oxygen atoms in total. The average molecular weight is 236 g/mol. The molecule has 1 unspecified atom stereocenters. The number of nitrogens with zero attached hydrogens (tertiary/aromatic N) is 1. The molecule has 1 heterocycles. The van der Waals surface area contributed by atoms with Crippen molar-refractivity contribution < 1.29 is 4.39 Å². The van der Waals surface area contributed by atoms with Crippen LogP contribution >= 0.6 is 11.3 Å². The van der Waals surface area contributed by atoms with Gasteiger partial charge in [-0.15, -0.1) is 11.3 Å². The lowest BCUT2D eigenvalue weighted by atomic mass is 10.0. The highest BCUT2D eigenvalue weighted by atomic mass is 32.1. The van der Waals surface area contributed by atoms with Crippen LogP contribution < -0.4 is 5.73 Å². The molecule has 0 amide bonds. The fourth-order valence-electron chi connectivity index (χ4n) is 1.58. The van der Waals surface area contributed by atoms with E-state index in [4.69, 9.17) is 5.73 Å². The van der Waals surface area contributed by atoms with Crippen molar-refractivity contribution in [1.29, 1.82) is 0 Å². The molecule has 0 spiro atoms. The molecule has 0 fully saturated rings. The van der Waals surface area contributed by atoms with Crippen LogP contribution in [0.25, 0.3) is 0 Å². The van der Waals surface area contributed by atoms with Crippen LogP contribution in [0.15, 0.2) is 29.9 Å². The summed E-state index contributed by atoms with van der Waals surface area (Å²) in [5, 5.41) is 0. The van der Waals surface area contributed by atoms with Gasteiger partial charge in [0.2, 0.25) is 0 Å². The van der Waals surface area contributed by atoms with Crippen LogP contribution in [0.3, 0.4) is 0 Å². The van der Waals surface area contributed by atoms with Crippen molar-refractivity contribution >= 4 is 11.3 Å². The largest absolute Gasteiger partial charge is 0.324 e. The normalized spacial score (nSPS) is 12.7. The fourth-order valence-corrected chi connectivity index (χ4v) is 2.23. The van der Waals surface area contributed by atoms with Crippen molar-refractivity contribution in [2.75, 3.05) is 0 Å². The highest BCUT2D eigenvalue weighted by molar-refractivity contribution is 7.09. The number of rotatable bonds is 3. The topological polar surface area (TPSA) is 38.9 Å². The van der Waals surface area contributed by atoms with Gasteiger partial charge in [-0.25, -0.2) is 4.39 Å². The standard InChI is InChI=1S/C12H13FN2S/c1-8-4-9(2-3-11(8)13)12(14)5-10-6-15-7-16-10/h2-4,6-7,12H,5,14H2,1H3. The molecular formula is C12H13FN2S. The summed E-state index contributed by atoms with van der Waals surface area (Å²) in [6, 6.07) is 4.92. The molecule has 0 saturated carbocycles. The maximum absolute atomic E-state index is 13.1. The van der Waals surface area contributed by atoms with Crippen LogP contribution in [0.4, 0.5) is 4.39 Å². The van der Waals surface area contributed by atoms with Gasteiger partial charge in [0.25, 0.3) is 0 Å². The molecule has 0 aliphatic heterocycles. The van der Waals surface area contributed by atoms with Crippen LogP contribution in [0, 0.1) is 12.7 Å². The van der Waals surface area contributed by atoms with Gasteiger partial charge in [-0.2, -0.15) is 0 Å². The third kappa shape index (κ3) is 2.46. The monoisotopic (exact) mass is 236 g/mol. The van der Waals surface area contributed by atoms with E-state index in [2.05, 4.69) is 4.98 Å². The van der Waals surface area contributed by atoms with Crippen LogP contribution in [0.1, 0.15) is 22.0 Å². The molecule has 0 bridgehead atoms.